The van der Waals surface area contributed by atoms with Gasteiger partial charge in [-0.1, -0.05) is 146 Å². The van der Waals surface area contributed by atoms with Crippen LogP contribution in [0.3, 0.4) is 0 Å². The molecule has 0 spiro atoms. The summed E-state index contributed by atoms with van der Waals surface area (Å²) in [6, 6.07) is 71.8. The first-order chi connectivity index (χ1) is 28.7. The third kappa shape index (κ3) is 6.03. The number of rotatable bonds is 7. The average molecular weight is 743 g/mol. The molecule has 0 radical (unpaired) electrons. The standard InChI is InChI=1S/C53H34N4O/c1-4-15-37(16-5-1)51-54-52(38-17-6-2-7-18-38)56-53(55-51)42-32-46(50-47-31-40-20-12-13-21-41(40)33-48(47)58-49(50)34-42)36-25-27-44(28-26-36)57(43-22-8-3-9-23-43)45-29-24-35-14-10-11-19-39(35)30-45/h1-34H. The van der Waals surface area contributed by atoms with E-state index in [1.165, 1.54) is 10.8 Å². The van der Waals surface area contributed by atoms with Crippen LogP contribution in [0, 0.1) is 0 Å². The molecule has 0 saturated carbocycles. The maximum atomic E-state index is 6.75. The molecule has 0 N–H and O–H groups in total. The summed E-state index contributed by atoms with van der Waals surface area (Å²) in [6.07, 6.45) is 0. The highest BCUT2D eigenvalue weighted by molar-refractivity contribution is 6.16. The van der Waals surface area contributed by atoms with E-state index in [1.807, 2.05) is 60.7 Å². The summed E-state index contributed by atoms with van der Waals surface area (Å²) in [5, 5.41) is 6.81. The van der Waals surface area contributed by atoms with Crippen LogP contribution in [0.5, 0.6) is 0 Å². The molecular weight excluding hydrogens is 709 g/mol. The van der Waals surface area contributed by atoms with E-state index in [0.717, 1.165) is 77.6 Å². The van der Waals surface area contributed by atoms with E-state index in [9.17, 15) is 0 Å². The van der Waals surface area contributed by atoms with Crippen molar-refractivity contribution in [3.63, 3.8) is 0 Å². The number of benzene rings is 9. The van der Waals surface area contributed by atoms with Crippen molar-refractivity contribution in [2.75, 3.05) is 4.90 Å². The number of nitrogens with zero attached hydrogens (tertiary/aromatic N) is 4. The van der Waals surface area contributed by atoms with E-state index in [4.69, 9.17) is 19.4 Å². The number of hydrogen-bond donors (Lipinski definition) is 0. The Morgan fingerprint density at radius 3 is 1.47 bits per heavy atom. The molecule has 0 aliphatic rings. The lowest BCUT2D eigenvalue weighted by molar-refractivity contribution is 0.669. The van der Waals surface area contributed by atoms with Crippen LogP contribution in [-0.2, 0) is 0 Å². The van der Waals surface area contributed by atoms with Gasteiger partial charge in [-0.2, -0.15) is 0 Å². The highest BCUT2D eigenvalue weighted by Gasteiger charge is 2.20. The van der Waals surface area contributed by atoms with Crippen molar-refractivity contribution < 1.29 is 4.42 Å². The highest BCUT2D eigenvalue weighted by Crippen LogP contribution is 2.43. The molecule has 0 atom stereocenters. The van der Waals surface area contributed by atoms with Gasteiger partial charge in [0.2, 0.25) is 0 Å². The van der Waals surface area contributed by atoms with Crippen LogP contribution in [-0.4, -0.2) is 15.0 Å². The summed E-state index contributed by atoms with van der Waals surface area (Å²) in [4.78, 5) is 17.4. The van der Waals surface area contributed by atoms with E-state index in [2.05, 4.69) is 150 Å². The molecule has 2 heterocycles. The third-order valence-corrected chi connectivity index (χ3v) is 10.8. The van der Waals surface area contributed by atoms with Gasteiger partial charge in [-0.05, 0) is 93.3 Å². The second-order valence-electron chi connectivity index (χ2n) is 14.5. The maximum Gasteiger partial charge on any atom is 0.164 e. The summed E-state index contributed by atoms with van der Waals surface area (Å²) in [5.41, 5.74) is 9.61. The lowest BCUT2D eigenvalue weighted by Gasteiger charge is -2.26. The Labute approximate surface area is 335 Å². The molecule has 2 aromatic heterocycles. The van der Waals surface area contributed by atoms with Crippen molar-refractivity contribution in [1.29, 1.82) is 0 Å². The van der Waals surface area contributed by atoms with E-state index in [1.54, 1.807) is 0 Å². The monoisotopic (exact) mass is 742 g/mol. The van der Waals surface area contributed by atoms with Crippen LogP contribution in [0.1, 0.15) is 0 Å². The fourth-order valence-corrected chi connectivity index (χ4v) is 8.02. The van der Waals surface area contributed by atoms with Gasteiger partial charge in [-0.15, -0.1) is 0 Å². The Morgan fingerprint density at radius 1 is 0.328 bits per heavy atom. The number of anilines is 3. The third-order valence-electron chi connectivity index (χ3n) is 10.8. The van der Waals surface area contributed by atoms with Crippen molar-refractivity contribution in [2.45, 2.75) is 0 Å². The minimum absolute atomic E-state index is 0.574. The molecule has 11 rings (SSSR count). The molecule has 0 fully saturated rings. The smallest absolute Gasteiger partial charge is 0.164 e. The molecular formula is C53H34N4O. The Balaban J connectivity index is 1.11. The Morgan fingerprint density at radius 2 is 0.828 bits per heavy atom. The van der Waals surface area contributed by atoms with E-state index >= 15 is 0 Å². The summed E-state index contributed by atoms with van der Waals surface area (Å²) < 4.78 is 6.75. The molecule has 9 aromatic carbocycles. The Hall–Kier alpha value is -7.89. The lowest BCUT2D eigenvalue weighted by Crippen LogP contribution is -2.09. The van der Waals surface area contributed by atoms with Crippen LogP contribution < -0.4 is 4.90 Å². The second-order valence-corrected chi connectivity index (χ2v) is 14.5. The zero-order chi connectivity index (χ0) is 38.4. The molecule has 0 unspecified atom stereocenters. The van der Waals surface area contributed by atoms with Crippen molar-refractivity contribution in [1.82, 2.24) is 15.0 Å². The average Bonchev–Trinajstić information content (AvgIpc) is 3.66. The number of para-hydroxylation sites is 1. The molecule has 58 heavy (non-hydrogen) atoms. The topological polar surface area (TPSA) is 55.1 Å². The summed E-state index contributed by atoms with van der Waals surface area (Å²) >= 11 is 0. The van der Waals surface area contributed by atoms with Gasteiger partial charge in [-0.3, -0.25) is 0 Å². The van der Waals surface area contributed by atoms with Crippen molar-refractivity contribution in [2.24, 2.45) is 0 Å². The molecule has 0 bridgehead atoms. The van der Waals surface area contributed by atoms with Crippen LogP contribution in [0.25, 0.3) is 88.8 Å². The minimum Gasteiger partial charge on any atom is -0.456 e. The van der Waals surface area contributed by atoms with Gasteiger partial charge >= 0.3 is 0 Å². The largest absolute Gasteiger partial charge is 0.456 e. The molecule has 11 aromatic rings. The molecule has 0 aliphatic carbocycles. The molecule has 0 amide bonds. The van der Waals surface area contributed by atoms with Gasteiger partial charge in [0.25, 0.3) is 0 Å². The summed E-state index contributed by atoms with van der Waals surface area (Å²) in [7, 11) is 0. The van der Waals surface area contributed by atoms with Crippen LogP contribution in [0.15, 0.2) is 211 Å². The van der Waals surface area contributed by atoms with Crippen molar-refractivity contribution >= 4 is 60.5 Å². The number of aromatic nitrogens is 3. The van der Waals surface area contributed by atoms with Gasteiger partial charge in [-0.25, -0.2) is 15.0 Å². The predicted octanol–water partition coefficient (Wildman–Crippen LogP) is 14.2. The molecule has 5 heteroatoms. The normalized spacial score (nSPS) is 11.4. The van der Waals surface area contributed by atoms with E-state index in [0.29, 0.717) is 17.5 Å². The van der Waals surface area contributed by atoms with Crippen molar-refractivity contribution in [3.05, 3.63) is 206 Å². The zero-order valence-corrected chi connectivity index (χ0v) is 31.3. The molecule has 0 saturated heterocycles. The minimum atomic E-state index is 0.574. The number of hydrogen-bond acceptors (Lipinski definition) is 5. The van der Waals surface area contributed by atoms with Crippen LogP contribution in [0.2, 0.25) is 0 Å². The van der Waals surface area contributed by atoms with Gasteiger partial charge in [0.1, 0.15) is 11.2 Å². The summed E-state index contributed by atoms with van der Waals surface area (Å²) in [5.74, 6) is 1.80. The van der Waals surface area contributed by atoms with Gasteiger partial charge in [0, 0.05) is 44.5 Å². The van der Waals surface area contributed by atoms with Crippen LogP contribution in [0.4, 0.5) is 17.1 Å². The zero-order valence-electron chi connectivity index (χ0n) is 31.3. The Kier molecular flexibility index (Phi) is 8.07. The highest BCUT2D eigenvalue weighted by atomic mass is 16.3. The van der Waals surface area contributed by atoms with Crippen molar-refractivity contribution in [3.8, 4) is 45.3 Å². The number of furan rings is 1. The first kappa shape index (κ1) is 33.4. The SMILES string of the molecule is c1ccc(-c2nc(-c3ccccc3)nc(-c3cc(-c4ccc(N(c5ccccc5)c5ccc6ccccc6c5)cc4)c4c(c3)oc3cc5ccccc5cc34)n2)cc1. The van der Waals surface area contributed by atoms with E-state index < -0.39 is 0 Å². The van der Waals surface area contributed by atoms with E-state index in [-0.39, 0.29) is 0 Å². The van der Waals surface area contributed by atoms with Gasteiger partial charge in [0.05, 0.1) is 0 Å². The predicted molar refractivity (Wildman–Crippen MR) is 239 cm³/mol. The molecule has 0 aliphatic heterocycles. The quantitative estimate of drug-likeness (QED) is 0.163. The molecule has 5 nitrogen and oxygen atoms in total. The molecule has 272 valence electrons. The van der Waals surface area contributed by atoms with Gasteiger partial charge < -0.3 is 9.32 Å². The van der Waals surface area contributed by atoms with Gasteiger partial charge in [0.15, 0.2) is 17.5 Å². The number of fused-ring (bicyclic) bond motifs is 5. The fraction of sp³-hybridized carbons (Fsp3) is 0. The maximum absolute atomic E-state index is 6.75. The van der Waals surface area contributed by atoms with Crippen LogP contribution >= 0.6 is 0 Å². The first-order valence-electron chi connectivity index (χ1n) is 19.4. The Bertz CT molecular complexity index is 3210. The summed E-state index contributed by atoms with van der Waals surface area (Å²) in [6.45, 7) is 0. The fourth-order valence-electron chi connectivity index (χ4n) is 8.02. The first-order valence-corrected chi connectivity index (χ1v) is 19.4. The second kappa shape index (κ2) is 14.0. The lowest BCUT2D eigenvalue weighted by atomic mass is 9.95.